The minimum absolute atomic E-state index is 0.548. The number of fused-ring (bicyclic) bond motifs is 6. The number of para-hydroxylation sites is 3. The molecule has 0 saturated heterocycles. The third-order valence-electron chi connectivity index (χ3n) is 10.7. The maximum Gasteiger partial charge on any atom is 0.180 e. The number of rotatable bonds is 6. The Bertz CT molecular complexity index is 3140. The Kier molecular flexibility index (Phi) is 7.38. The van der Waals surface area contributed by atoms with Gasteiger partial charge in [-0.3, -0.25) is 0 Å². The molecule has 0 atom stereocenters. The van der Waals surface area contributed by atoms with E-state index in [-0.39, 0.29) is 0 Å². The number of aromatic nitrogens is 6. The Morgan fingerprint density at radius 2 is 0.875 bits per heavy atom. The van der Waals surface area contributed by atoms with Gasteiger partial charge in [0, 0.05) is 55.8 Å². The molecule has 0 amide bonds. The topological polar surface area (TPSA) is 61.4 Å². The van der Waals surface area contributed by atoms with Gasteiger partial charge in [0.15, 0.2) is 5.82 Å². The fourth-order valence-corrected chi connectivity index (χ4v) is 8.18. The average Bonchev–Trinajstić information content (AvgIpc) is 3.80. The highest BCUT2D eigenvalue weighted by Gasteiger charge is 2.19. The van der Waals surface area contributed by atoms with Gasteiger partial charge in [-0.15, -0.1) is 0 Å². The summed E-state index contributed by atoms with van der Waals surface area (Å²) in [7, 11) is 0. The van der Waals surface area contributed by atoms with Gasteiger partial charge in [-0.2, -0.15) is 0 Å². The van der Waals surface area contributed by atoms with Gasteiger partial charge >= 0.3 is 0 Å². The standard InChI is InChI=1S/C50H32N6/c1-3-14-33(15-4-1)43-30-44(34-16-5-2-6-17-34)54-50(53-43)49-42(31-51-32-52-49)35-26-27-48-41(28-35)40-22-9-12-25-47(40)56(48)37-19-13-18-36(29-37)55-45-23-10-7-20-38(45)39-21-8-11-24-46(39)55/h1-32H. The lowest BCUT2D eigenvalue weighted by atomic mass is 10.0. The first-order chi connectivity index (χ1) is 27.8. The lowest BCUT2D eigenvalue weighted by Gasteiger charge is -2.13. The van der Waals surface area contributed by atoms with E-state index in [0.29, 0.717) is 11.5 Å². The number of hydrogen-bond acceptors (Lipinski definition) is 4. The van der Waals surface area contributed by atoms with Crippen molar-refractivity contribution in [3.63, 3.8) is 0 Å². The molecule has 262 valence electrons. The average molecular weight is 717 g/mol. The van der Waals surface area contributed by atoms with Crippen molar-refractivity contribution in [2.24, 2.45) is 0 Å². The number of hydrogen-bond donors (Lipinski definition) is 0. The van der Waals surface area contributed by atoms with E-state index in [1.54, 1.807) is 6.33 Å². The van der Waals surface area contributed by atoms with Crippen LogP contribution in [0, 0.1) is 0 Å². The Labute approximate surface area is 322 Å². The van der Waals surface area contributed by atoms with Crippen LogP contribution >= 0.6 is 0 Å². The summed E-state index contributed by atoms with van der Waals surface area (Å²) in [6.45, 7) is 0. The molecular weight excluding hydrogens is 685 g/mol. The van der Waals surface area contributed by atoms with Gasteiger partial charge in [-0.05, 0) is 60.2 Å². The van der Waals surface area contributed by atoms with Crippen molar-refractivity contribution in [3.8, 4) is 56.5 Å². The first-order valence-corrected chi connectivity index (χ1v) is 18.7. The van der Waals surface area contributed by atoms with E-state index in [2.05, 4.69) is 154 Å². The second kappa shape index (κ2) is 13.0. The molecule has 4 heterocycles. The van der Waals surface area contributed by atoms with E-state index < -0.39 is 0 Å². The lowest BCUT2D eigenvalue weighted by Crippen LogP contribution is -2.00. The lowest BCUT2D eigenvalue weighted by molar-refractivity contribution is 1.11. The molecule has 56 heavy (non-hydrogen) atoms. The van der Waals surface area contributed by atoms with Crippen LogP contribution in [0.15, 0.2) is 195 Å². The van der Waals surface area contributed by atoms with Crippen LogP contribution in [0.1, 0.15) is 0 Å². The van der Waals surface area contributed by atoms with Crippen molar-refractivity contribution in [3.05, 3.63) is 195 Å². The van der Waals surface area contributed by atoms with Crippen molar-refractivity contribution in [1.29, 1.82) is 0 Å². The maximum absolute atomic E-state index is 5.10. The van der Waals surface area contributed by atoms with Gasteiger partial charge in [-0.1, -0.05) is 127 Å². The normalized spacial score (nSPS) is 11.6. The van der Waals surface area contributed by atoms with Crippen molar-refractivity contribution >= 4 is 43.6 Å². The molecule has 7 aromatic carbocycles. The Balaban J connectivity index is 1.07. The first-order valence-electron chi connectivity index (χ1n) is 18.7. The van der Waals surface area contributed by atoms with Crippen LogP contribution in [0.5, 0.6) is 0 Å². The van der Waals surface area contributed by atoms with Crippen molar-refractivity contribution in [2.45, 2.75) is 0 Å². The summed E-state index contributed by atoms with van der Waals surface area (Å²) < 4.78 is 4.74. The minimum Gasteiger partial charge on any atom is -0.309 e. The van der Waals surface area contributed by atoms with Crippen LogP contribution in [-0.4, -0.2) is 29.1 Å². The summed E-state index contributed by atoms with van der Waals surface area (Å²) in [6.07, 6.45) is 3.45. The fourth-order valence-electron chi connectivity index (χ4n) is 8.18. The molecule has 0 aliphatic rings. The molecule has 0 saturated carbocycles. The van der Waals surface area contributed by atoms with E-state index in [1.807, 2.05) is 48.7 Å². The molecule has 6 nitrogen and oxygen atoms in total. The molecule has 0 bridgehead atoms. The van der Waals surface area contributed by atoms with E-state index in [0.717, 1.165) is 61.4 Å². The van der Waals surface area contributed by atoms with Crippen LogP contribution in [0.2, 0.25) is 0 Å². The molecule has 0 aliphatic heterocycles. The molecule has 6 heteroatoms. The van der Waals surface area contributed by atoms with Crippen LogP contribution in [-0.2, 0) is 0 Å². The zero-order valence-electron chi connectivity index (χ0n) is 30.2. The Morgan fingerprint density at radius 1 is 0.375 bits per heavy atom. The van der Waals surface area contributed by atoms with Crippen molar-refractivity contribution in [2.75, 3.05) is 0 Å². The quantitative estimate of drug-likeness (QED) is 0.172. The van der Waals surface area contributed by atoms with E-state index in [9.17, 15) is 0 Å². The Hall–Kier alpha value is -7.70. The highest BCUT2D eigenvalue weighted by atomic mass is 15.0. The second-order valence-corrected chi connectivity index (χ2v) is 14.0. The zero-order chi connectivity index (χ0) is 37.0. The summed E-state index contributed by atoms with van der Waals surface area (Å²) in [5, 5.41) is 4.80. The van der Waals surface area contributed by atoms with E-state index >= 15 is 0 Å². The van der Waals surface area contributed by atoms with E-state index in [4.69, 9.17) is 15.0 Å². The maximum atomic E-state index is 5.10. The zero-order valence-corrected chi connectivity index (χ0v) is 30.2. The van der Waals surface area contributed by atoms with Crippen LogP contribution in [0.25, 0.3) is 100 Å². The highest BCUT2D eigenvalue weighted by Crippen LogP contribution is 2.39. The molecule has 11 rings (SSSR count). The van der Waals surface area contributed by atoms with Crippen LogP contribution in [0.4, 0.5) is 0 Å². The molecule has 0 radical (unpaired) electrons. The number of nitrogens with zero attached hydrogens (tertiary/aromatic N) is 6. The minimum atomic E-state index is 0.548. The monoisotopic (exact) mass is 716 g/mol. The second-order valence-electron chi connectivity index (χ2n) is 14.0. The van der Waals surface area contributed by atoms with Gasteiger partial charge in [0.25, 0.3) is 0 Å². The predicted octanol–water partition coefficient (Wildman–Crippen LogP) is 12.1. The smallest absolute Gasteiger partial charge is 0.180 e. The molecule has 0 spiro atoms. The molecule has 0 unspecified atom stereocenters. The fraction of sp³-hybridized carbons (Fsp3) is 0. The molecule has 4 aromatic heterocycles. The largest absolute Gasteiger partial charge is 0.309 e. The Morgan fingerprint density at radius 3 is 1.45 bits per heavy atom. The summed E-state index contributed by atoms with van der Waals surface area (Å²) in [5.41, 5.74) is 13.1. The molecule has 11 aromatic rings. The van der Waals surface area contributed by atoms with Gasteiger partial charge in [-0.25, -0.2) is 19.9 Å². The first kappa shape index (κ1) is 31.8. The van der Waals surface area contributed by atoms with E-state index in [1.165, 1.54) is 27.2 Å². The van der Waals surface area contributed by atoms with Gasteiger partial charge < -0.3 is 9.13 Å². The third kappa shape index (κ3) is 5.19. The van der Waals surface area contributed by atoms with Crippen molar-refractivity contribution in [1.82, 2.24) is 29.1 Å². The summed E-state index contributed by atoms with van der Waals surface area (Å²) in [5.74, 6) is 0.548. The van der Waals surface area contributed by atoms with Gasteiger partial charge in [0.2, 0.25) is 0 Å². The molecule has 0 fully saturated rings. The van der Waals surface area contributed by atoms with Crippen LogP contribution in [0.3, 0.4) is 0 Å². The SMILES string of the molecule is c1ccc(-c2cc(-c3ccccc3)nc(-c3ncncc3-c3ccc4c(c3)c3ccccc3n4-c3cccc(-n4c5ccccc5c5ccccc54)c3)n2)cc1. The van der Waals surface area contributed by atoms with Crippen molar-refractivity contribution < 1.29 is 0 Å². The predicted molar refractivity (Wildman–Crippen MR) is 228 cm³/mol. The van der Waals surface area contributed by atoms with Gasteiger partial charge in [0.1, 0.15) is 12.0 Å². The van der Waals surface area contributed by atoms with Gasteiger partial charge in [0.05, 0.1) is 33.5 Å². The highest BCUT2D eigenvalue weighted by molar-refractivity contribution is 6.11. The molecule has 0 N–H and O–H groups in total. The van der Waals surface area contributed by atoms with Crippen LogP contribution < -0.4 is 0 Å². The molecular formula is C50H32N6. The summed E-state index contributed by atoms with van der Waals surface area (Å²) >= 11 is 0. The summed E-state index contributed by atoms with van der Waals surface area (Å²) in [4.78, 5) is 19.5. The third-order valence-corrected chi connectivity index (χ3v) is 10.7. The molecule has 0 aliphatic carbocycles. The number of benzene rings is 7. The summed E-state index contributed by atoms with van der Waals surface area (Å²) in [6, 6.07) is 63.9.